The molecule has 90 valence electrons. The molecule has 16 heavy (non-hydrogen) atoms. The van der Waals surface area contributed by atoms with Crippen molar-refractivity contribution in [1.29, 1.82) is 0 Å². The van der Waals surface area contributed by atoms with Crippen LogP contribution in [0.5, 0.6) is 0 Å². The van der Waals surface area contributed by atoms with Crippen LogP contribution in [0.3, 0.4) is 0 Å². The first kappa shape index (κ1) is 13.8. The minimum Gasteiger partial charge on any atom is -0.392 e. The molecule has 1 N–H and O–H groups in total. The quantitative estimate of drug-likeness (QED) is 0.918. The maximum Gasteiger partial charge on any atom is 0.150 e. The number of sulfone groups is 1. The first-order valence-electron chi connectivity index (χ1n) is 4.57. The highest BCUT2D eigenvalue weighted by atomic mass is 35.5. The zero-order chi connectivity index (χ0) is 12.3. The molecular formula is C10H12Cl2O3S. The lowest BCUT2D eigenvalue weighted by Crippen LogP contribution is -2.22. The maximum absolute atomic E-state index is 10.9. The van der Waals surface area contributed by atoms with Crippen molar-refractivity contribution in [2.24, 2.45) is 0 Å². The summed E-state index contributed by atoms with van der Waals surface area (Å²) in [5.41, 5.74) is 0.755. The molecule has 1 aromatic carbocycles. The number of hydrogen-bond acceptors (Lipinski definition) is 3. The third kappa shape index (κ3) is 4.70. The van der Waals surface area contributed by atoms with Crippen LogP contribution in [0.1, 0.15) is 5.56 Å². The molecule has 0 aromatic heterocycles. The summed E-state index contributed by atoms with van der Waals surface area (Å²) in [7, 11) is -3.17. The number of aliphatic hydroxyl groups is 1. The smallest absolute Gasteiger partial charge is 0.150 e. The summed E-state index contributed by atoms with van der Waals surface area (Å²) >= 11 is 11.5. The van der Waals surface area contributed by atoms with E-state index in [2.05, 4.69) is 0 Å². The normalized spacial score (nSPS) is 13.8. The van der Waals surface area contributed by atoms with E-state index in [0.717, 1.165) is 11.8 Å². The van der Waals surface area contributed by atoms with Gasteiger partial charge in [-0.15, -0.1) is 0 Å². The molecule has 0 heterocycles. The molecule has 3 nitrogen and oxygen atoms in total. The third-order valence-corrected chi connectivity index (χ3v) is 3.68. The van der Waals surface area contributed by atoms with Crippen LogP contribution < -0.4 is 0 Å². The Morgan fingerprint density at radius 1 is 1.31 bits per heavy atom. The number of aliphatic hydroxyl groups excluding tert-OH is 1. The molecule has 1 unspecified atom stereocenters. The molecule has 0 bridgehead atoms. The second-order valence-electron chi connectivity index (χ2n) is 3.70. The summed E-state index contributed by atoms with van der Waals surface area (Å²) in [6.45, 7) is 0. The second kappa shape index (κ2) is 5.36. The van der Waals surface area contributed by atoms with E-state index in [1.165, 1.54) is 0 Å². The van der Waals surface area contributed by atoms with Crippen molar-refractivity contribution in [2.75, 3.05) is 12.0 Å². The van der Waals surface area contributed by atoms with Crippen LogP contribution >= 0.6 is 23.2 Å². The minimum absolute atomic E-state index is 0.240. The zero-order valence-electron chi connectivity index (χ0n) is 8.65. The van der Waals surface area contributed by atoms with Crippen LogP contribution in [0.2, 0.25) is 10.0 Å². The van der Waals surface area contributed by atoms with Gasteiger partial charge < -0.3 is 5.11 Å². The van der Waals surface area contributed by atoms with Crippen molar-refractivity contribution < 1.29 is 13.5 Å². The predicted molar refractivity (Wildman–Crippen MR) is 65.9 cm³/mol. The molecule has 0 saturated heterocycles. The van der Waals surface area contributed by atoms with Crippen LogP contribution in [0.15, 0.2) is 18.2 Å². The highest BCUT2D eigenvalue weighted by Gasteiger charge is 2.13. The molecule has 0 aliphatic carbocycles. The summed E-state index contributed by atoms with van der Waals surface area (Å²) < 4.78 is 21.9. The van der Waals surface area contributed by atoms with Gasteiger partial charge in [0.25, 0.3) is 0 Å². The Bertz CT molecular complexity index is 471. The van der Waals surface area contributed by atoms with Crippen molar-refractivity contribution in [3.05, 3.63) is 33.8 Å². The number of rotatable bonds is 4. The second-order valence-corrected chi connectivity index (χ2v) is 6.70. The van der Waals surface area contributed by atoms with Crippen molar-refractivity contribution in [2.45, 2.75) is 12.5 Å². The molecule has 6 heteroatoms. The molecule has 1 rings (SSSR count). The zero-order valence-corrected chi connectivity index (χ0v) is 11.0. The van der Waals surface area contributed by atoms with E-state index in [4.69, 9.17) is 23.2 Å². The SMILES string of the molecule is CS(=O)(=O)CC(O)Cc1ccc(Cl)c(Cl)c1. The van der Waals surface area contributed by atoms with Gasteiger partial charge in [-0.25, -0.2) is 8.42 Å². The van der Waals surface area contributed by atoms with Gasteiger partial charge in [-0.3, -0.25) is 0 Å². The Balaban J connectivity index is 2.70. The molecular weight excluding hydrogens is 271 g/mol. The van der Waals surface area contributed by atoms with Crippen LogP contribution in [0, 0.1) is 0 Å². The topological polar surface area (TPSA) is 54.4 Å². The van der Waals surface area contributed by atoms with Gasteiger partial charge in [-0.05, 0) is 24.1 Å². The highest BCUT2D eigenvalue weighted by molar-refractivity contribution is 7.90. The van der Waals surface area contributed by atoms with E-state index in [1.807, 2.05) is 0 Å². The van der Waals surface area contributed by atoms with Gasteiger partial charge in [-0.1, -0.05) is 29.3 Å². The fourth-order valence-corrected chi connectivity index (χ4v) is 2.48. The number of hydrogen-bond donors (Lipinski definition) is 1. The maximum atomic E-state index is 10.9. The lowest BCUT2D eigenvalue weighted by Gasteiger charge is -2.09. The van der Waals surface area contributed by atoms with Gasteiger partial charge in [0, 0.05) is 6.26 Å². The van der Waals surface area contributed by atoms with E-state index >= 15 is 0 Å². The first-order valence-corrected chi connectivity index (χ1v) is 7.39. The summed E-state index contributed by atoms with van der Waals surface area (Å²) in [5.74, 6) is -0.257. The largest absolute Gasteiger partial charge is 0.392 e. The average molecular weight is 283 g/mol. The molecule has 0 fully saturated rings. The van der Waals surface area contributed by atoms with Gasteiger partial charge in [0.1, 0.15) is 9.84 Å². The molecule has 0 saturated carbocycles. The summed E-state index contributed by atoms with van der Waals surface area (Å²) in [5, 5.41) is 10.4. The molecule has 0 aliphatic rings. The first-order chi connectivity index (χ1) is 7.28. The van der Waals surface area contributed by atoms with Crippen LogP contribution in [-0.4, -0.2) is 31.6 Å². The van der Waals surface area contributed by atoms with Crippen LogP contribution in [0.4, 0.5) is 0 Å². The van der Waals surface area contributed by atoms with E-state index in [0.29, 0.717) is 10.0 Å². The summed E-state index contributed by atoms with van der Waals surface area (Å²) in [4.78, 5) is 0. The third-order valence-electron chi connectivity index (χ3n) is 1.95. The van der Waals surface area contributed by atoms with Crippen molar-refractivity contribution >= 4 is 33.0 Å². The van der Waals surface area contributed by atoms with Gasteiger partial charge in [0.05, 0.1) is 21.9 Å². The molecule has 0 aliphatic heterocycles. The van der Waals surface area contributed by atoms with E-state index < -0.39 is 15.9 Å². The van der Waals surface area contributed by atoms with Gasteiger partial charge >= 0.3 is 0 Å². The van der Waals surface area contributed by atoms with Gasteiger partial charge in [0.15, 0.2) is 0 Å². The summed E-state index contributed by atoms with van der Waals surface area (Å²) in [6, 6.07) is 4.95. The van der Waals surface area contributed by atoms with Crippen LogP contribution in [-0.2, 0) is 16.3 Å². The molecule has 0 amide bonds. The summed E-state index contributed by atoms with van der Waals surface area (Å²) in [6.07, 6.45) is 0.405. The lowest BCUT2D eigenvalue weighted by molar-refractivity contribution is 0.198. The van der Waals surface area contributed by atoms with Gasteiger partial charge in [-0.2, -0.15) is 0 Å². The Hall–Kier alpha value is -0.290. The van der Waals surface area contributed by atoms with Crippen molar-refractivity contribution in [3.8, 4) is 0 Å². The Labute approximate surface area is 105 Å². The molecule has 0 radical (unpaired) electrons. The van der Waals surface area contributed by atoms with E-state index in [9.17, 15) is 13.5 Å². The predicted octanol–water partition coefficient (Wildman–Crippen LogP) is 1.94. The minimum atomic E-state index is -3.17. The standard InChI is InChI=1S/C10H12Cl2O3S/c1-16(14,15)6-8(13)4-7-2-3-9(11)10(12)5-7/h2-3,5,8,13H,4,6H2,1H3. The Morgan fingerprint density at radius 2 is 1.94 bits per heavy atom. The number of benzene rings is 1. The lowest BCUT2D eigenvalue weighted by atomic mass is 10.1. The van der Waals surface area contributed by atoms with Crippen molar-refractivity contribution in [3.63, 3.8) is 0 Å². The molecule has 1 atom stereocenters. The fraction of sp³-hybridized carbons (Fsp3) is 0.400. The fourth-order valence-electron chi connectivity index (χ4n) is 1.35. The average Bonchev–Trinajstić information content (AvgIpc) is 2.08. The monoisotopic (exact) mass is 282 g/mol. The molecule has 0 spiro atoms. The Morgan fingerprint density at radius 3 is 2.44 bits per heavy atom. The van der Waals surface area contributed by atoms with Crippen molar-refractivity contribution in [1.82, 2.24) is 0 Å². The highest BCUT2D eigenvalue weighted by Crippen LogP contribution is 2.23. The van der Waals surface area contributed by atoms with Crippen LogP contribution in [0.25, 0.3) is 0 Å². The van der Waals surface area contributed by atoms with E-state index in [1.54, 1.807) is 18.2 Å². The molecule has 1 aromatic rings. The van der Waals surface area contributed by atoms with E-state index in [-0.39, 0.29) is 12.2 Å². The Kier molecular flexibility index (Phi) is 4.62. The number of halogens is 2. The van der Waals surface area contributed by atoms with Gasteiger partial charge in [0.2, 0.25) is 0 Å².